The lowest BCUT2D eigenvalue weighted by Gasteiger charge is -2.41. The van der Waals surface area contributed by atoms with Gasteiger partial charge in [0.2, 0.25) is 0 Å². The van der Waals surface area contributed by atoms with E-state index in [1.807, 2.05) is 19.1 Å². The van der Waals surface area contributed by atoms with Crippen LogP contribution >= 0.6 is 12.2 Å². The normalized spacial score (nSPS) is 21.6. The Bertz CT molecular complexity index is 489. The van der Waals surface area contributed by atoms with Gasteiger partial charge in [0.15, 0.2) is 0 Å². The van der Waals surface area contributed by atoms with Gasteiger partial charge in [-0.25, -0.2) is 0 Å². The maximum atomic E-state index is 10.2. The molecule has 110 valence electrons. The number of nitrogens with zero attached hydrogens (tertiary/aromatic N) is 1. The van der Waals surface area contributed by atoms with Crippen molar-refractivity contribution in [3.8, 4) is 5.75 Å². The quantitative estimate of drug-likeness (QED) is 0.836. The van der Waals surface area contributed by atoms with Gasteiger partial charge in [0.05, 0.1) is 11.0 Å². The van der Waals surface area contributed by atoms with Crippen molar-refractivity contribution < 1.29 is 5.11 Å². The number of rotatable bonds is 4. The minimum Gasteiger partial charge on any atom is -0.508 e. The first-order valence-electron chi connectivity index (χ1n) is 7.39. The minimum absolute atomic E-state index is 0.157. The molecule has 0 spiro atoms. The molecule has 1 aromatic rings. The van der Waals surface area contributed by atoms with E-state index in [1.165, 1.54) is 19.3 Å². The number of hydrogen-bond acceptors (Lipinski definition) is 3. The lowest BCUT2D eigenvalue weighted by Crippen LogP contribution is -2.46. The third-order valence-electron chi connectivity index (χ3n) is 4.22. The molecule has 0 amide bonds. The fourth-order valence-electron chi connectivity index (χ4n) is 3.19. The summed E-state index contributed by atoms with van der Waals surface area (Å²) in [5.74, 6) is 0.286. The number of piperidine rings is 1. The maximum Gasteiger partial charge on any atom is 0.120 e. The molecule has 1 aliphatic rings. The van der Waals surface area contributed by atoms with Gasteiger partial charge in [-0.15, -0.1) is 0 Å². The number of aryl methyl sites for hydroxylation is 1. The molecule has 1 aliphatic heterocycles. The van der Waals surface area contributed by atoms with Gasteiger partial charge in [-0.2, -0.15) is 0 Å². The molecule has 0 bridgehead atoms. The monoisotopic (exact) mass is 292 g/mol. The van der Waals surface area contributed by atoms with Crippen molar-refractivity contribution in [2.24, 2.45) is 5.73 Å². The van der Waals surface area contributed by atoms with Gasteiger partial charge in [0.1, 0.15) is 5.75 Å². The molecule has 1 aromatic carbocycles. The van der Waals surface area contributed by atoms with Gasteiger partial charge in [0, 0.05) is 11.6 Å². The molecule has 1 fully saturated rings. The zero-order valence-electron chi connectivity index (χ0n) is 12.3. The Kier molecular flexibility index (Phi) is 5.00. The van der Waals surface area contributed by atoms with E-state index >= 15 is 0 Å². The van der Waals surface area contributed by atoms with Crippen molar-refractivity contribution in [3.05, 3.63) is 29.3 Å². The summed E-state index contributed by atoms with van der Waals surface area (Å²) in [6.07, 6.45) is 4.70. The third-order valence-corrected chi connectivity index (χ3v) is 4.45. The zero-order chi connectivity index (χ0) is 14.7. The summed E-state index contributed by atoms with van der Waals surface area (Å²) in [7, 11) is 0. The van der Waals surface area contributed by atoms with Crippen molar-refractivity contribution >= 4 is 17.2 Å². The second kappa shape index (κ2) is 6.55. The third kappa shape index (κ3) is 3.13. The van der Waals surface area contributed by atoms with Crippen LogP contribution in [-0.4, -0.2) is 27.6 Å². The van der Waals surface area contributed by atoms with E-state index in [2.05, 4.69) is 11.8 Å². The number of hydrogen-bond donors (Lipinski definition) is 2. The lowest BCUT2D eigenvalue weighted by atomic mass is 9.93. The van der Waals surface area contributed by atoms with Crippen LogP contribution in [0.15, 0.2) is 18.2 Å². The van der Waals surface area contributed by atoms with Gasteiger partial charge >= 0.3 is 0 Å². The average molecular weight is 292 g/mol. The molecule has 1 heterocycles. The van der Waals surface area contributed by atoms with E-state index in [4.69, 9.17) is 18.0 Å². The topological polar surface area (TPSA) is 49.5 Å². The summed E-state index contributed by atoms with van der Waals surface area (Å²) < 4.78 is 0. The van der Waals surface area contributed by atoms with Crippen LogP contribution < -0.4 is 5.73 Å². The van der Waals surface area contributed by atoms with Gasteiger partial charge in [0.25, 0.3) is 0 Å². The summed E-state index contributed by atoms with van der Waals surface area (Å²) >= 11 is 5.31. The van der Waals surface area contributed by atoms with Crippen LogP contribution in [0.25, 0.3) is 0 Å². The molecule has 0 saturated carbocycles. The molecule has 1 saturated heterocycles. The van der Waals surface area contributed by atoms with Crippen LogP contribution in [-0.2, 0) is 0 Å². The SMILES string of the molecule is CCC1CCCCN1C(C(N)=S)c1cc(C)ccc1O. The molecule has 0 aromatic heterocycles. The van der Waals surface area contributed by atoms with Gasteiger partial charge in [-0.05, 0) is 38.8 Å². The first kappa shape index (κ1) is 15.3. The fraction of sp³-hybridized carbons (Fsp3) is 0.562. The highest BCUT2D eigenvalue weighted by molar-refractivity contribution is 7.80. The Hall–Kier alpha value is -1.13. The highest BCUT2D eigenvalue weighted by Gasteiger charge is 2.32. The number of likely N-dealkylation sites (tertiary alicyclic amines) is 1. The summed E-state index contributed by atoms with van der Waals surface area (Å²) in [6.45, 7) is 5.22. The molecule has 2 unspecified atom stereocenters. The molecule has 0 radical (unpaired) electrons. The van der Waals surface area contributed by atoms with Crippen molar-refractivity contribution in [2.45, 2.75) is 51.6 Å². The van der Waals surface area contributed by atoms with Crippen LogP contribution in [0.1, 0.15) is 49.8 Å². The first-order valence-corrected chi connectivity index (χ1v) is 7.80. The second-order valence-electron chi connectivity index (χ2n) is 5.66. The molecule has 2 atom stereocenters. The van der Waals surface area contributed by atoms with Gasteiger partial charge in [-0.3, -0.25) is 4.90 Å². The largest absolute Gasteiger partial charge is 0.508 e. The van der Waals surface area contributed by atoms with E-state index in [9.17, 15) is 5.11 Å². The summed E-state index contributed by atoms with van der Waals surface area (Å²) in [5.41, 5.74) is 7.97. The molecule has 2 rings (SSSR count). The highest BCUT2D eigenvalue weighted by Crippen LogP contribution is 2.34. The molecular weight excluding hydrogens is 268 g/mol. The molecule has 20 heavy (non-hydrogen) atoms. The van der Waals surface area contributed by atoms with Crippen LogP contribution in [0.2, 0.25) is 0 Å². The molecular formula is C16H24N2OS. The van der Waals surface area contributed by atoms with E-state index in [-0.39, 0.29) is 11.8 Å². The standard InChI is InChI=1S/C16H24N2OS/c1-3-12-6-4-5-9-18(12)15(16(17)20)13-10-11(2)7-8-14(13)19/h7-8,10,12,15,19H,3-6,9H2,1-2H3,(H2,17,20). The highest BCUT2D eigenvalue weighted by atomic mass is 32.1. The number of nitrogens with two attached hydrogens (primary N) is 1. The Labute approximate surface area is 126 Å². The van der Waals surface area contributed by atoms with Crippen LogP contribution in [0.3, 0.4) is 0 Å². The van der Waals surface area contributed by atoms with Crippen molar-refractivity contribution in [1.29, 1.82) is 0 Å². The predicted octanol–water partition coefficient (Wildman–Crippen LogP) is 3.29. The number of aromatic hydroxyl groups is 1. The van der Waals surface area contributed by atoms with Gasteiger partial charge < -0.3 is 10.8 Å². The second-order valence-corrected chi connectivity index (χ2v) is 6.13. The van der Waals surface area contributed by atoms with Crippen LogP contribution in [0.5, 0.6) is 5.75 Å². The smallest absolute Gasteiger partial charge is 0.120 e. The fourth-order valence-corrected chi connectivity index (χ4v) is 3.45. The summed E-state index contributed by atoms with van der Waals surface area (Å²) in [6, 6.07) is 5.98. The lowest BCUT2D eigenvalue weighted by molar-refractivity contribution is 0.121. The van der Waals surface area contributed by atoms with Crippen molar-refractivity contribution in [2.75, 3.05) is 6.54 Å². The molecule has 0 aliphatic carbocycles. The Balaban J connectivity index is 2.39. The van der Waals surface area contributed by atoms with E-state index < -0.39 is 0 Å². The predicted molar refractivity (Wildman–Crippen MR) is 87.0 cm³/mol. The summed E-state index contributed by atoms with van der Waals surface area (Å²) in [5, 5.41) is 10.2. The maximum absolute atomic E-state index is 10.2. The van der Waals surface area contributed by atoms with Crippen LogP contribution in [0, 0.1) is 6.92 Å². The van der Waals surface area contributed by atoms with Gasteiger partial charge in [-0.1, -0.05) is 43.3 Å². The summed E-state index contributed by atoms with van der Waals surface area (Å²) in [4.78, 5) is 2.83. The number of phenols is 1. The number of phenolic OH excluding ortho intramolecular Hbond substituents is 1. The Morgan fingerprint density at radius 2 is 2.25 bits per heavy atom. The molecule has 3 nitrogen and oxygen atoms in total. The van der Waals surface area contributed by atoms with Crippen LogP contribution in [0.4, 0.5) is 0 Å². The molecule has 3 N–H and O–H groups in total. The first-order chi connectivity index (χ1) is 9.54. The number of benzene rings is 1. The Morgan fingerprint density at radius 1 is 1.50 bits per heavy atom. The van der Waals surface area contributed by atoms with Crippen molar-refractivity contribution in [1.82, 2.24) is 4.90 Å². The van der Waals surface area contributed by atoms with E-state index in [0.717, 1.165) is 24.1 Å². The van der Waals surface area contributed by atoms with E-state index in [1.54, 1.807) is 6.07 Å². The minimum atomic E-state index is -0.157. The van der Waals surface area contributed by atoms with Crippen molar-refractivity contribution in [3.63, 3.8) is 0 Å². The van der Waals surface area contributed by atoms with E-state index in [0.29, 0.717) is 11.0 Å². The average Bonchev–Trinajstić information content (AvgIpc) is 2.43. The molecule has 4 heteroatoms. The number of thiocarbonyl (C=S) groups is 1. The zero-order valence-corrected chi connectivity index (χ0v) is 13.1. The Morgan fingerprint density at radius 3 is 2.90 bits per heavy atom.